The van der Waals surface area contributed by atoms with Crippen LogP contribution in [0, 0.1) is 5.92 Å². The van der Waals surface area contributed by atoms with Crippen molar-refractivity contribution in [1.82, 2.24) is 9.80 Å². The van der Waals surface area contributed by atoms with Crippen molar-refractivity contribution in [3.63, 3.8) is 0 Å². The summed E-state index contributed by atoms with van der Waals surface area (Å²) in [6, 6.07) is 7.38. The third-order valence-electron chi connectivity index (χ3n) is 4.78. The first-order valence-electron chi connectivity index (χ1n) is 8.65. The summed E-state index contributed by atoms with van der Waals surface area (Å²) in [5, 5.41) is 0. The molecule has 0 N–H and O–H groups in total. The zero-order valence-electron chi connectivity index (χ0n) is 15.5. The Morgan fingerprint density at radius 2 is 1.84 bits per heavy atom. The van der Waals surface area contributed by atoms with Crippen LogP contribution in [0.4, 0.5) is 0 Å². The molecule has 0 atom stereocenters. The van der Waals surface area contributed by atoms with Gasteiger partial charge in [-0.25, -0.2) is 0 Å². The number of likely N-dealkylation sites (N-methyl/N-ethyl adjacent to an activating group) is 1. The lowest BCUT2D eigenvalue weighted by Gasteiger charge is -2.38. The van der Waals surface area contributed by atoms with Crippen molar-refractivity contribution in [2.75, 3.05) is 27.2 Å². The maximum Gasteiger partial charge on any atom is 0.166 e. The van der Waals surface area contributed by atoms with Crippen molar-refractivity contribution in [3.05, 3.63) is 66.7 Å². The molecular weight excluding hydrogens is 312 g/mol. The highest BCUT2D eigenvalue weighted by Gasteiger charge is 2.27. The minimum atomic E-state index is 0.0708. The molecule has 4 heteroatoms. The standard InChI is InChI=1S/C21H28N2O2/c1-6-7-16(2)22(4)17(3)23-14-12-19(13-15-23)21(24)18-8-10-20(25-5)11-9-18/h6-11,19H,2-3,12-15H2,1,4-5H3/b7-6-. The fourth-order valence-electron chi connectivity index (χ4n) is 3.07. The number of methoxy groups -OCH3 is 1. The Kier molecular flexibility index (Phi) is 6.45. The van der Waals surface area contributed by atoms with Crippen molar-refractivity contribution in [3.8, 4) is 5.75 Å². The minimum Gasteiger partial charge on any atom is -0.497 e. The maximum absolute atomic E-state index is 12.7. The van der Waals surface area contributed by atoms with Crippen LogP contribution >= 0.6 is 0 Å². The zero-order chi connectivity index (χ0) is 18.4. The fraction of sp³-hybridized carbons (Fsp3) is 0.381. The van der Waals surface area contributed by atoms with Gasteiger partial charge in [0.1, 0.15) is 11.6 Å². The Morgan fingerprint density at radius 1 is 1.24 bits per heavy atom. The van der Waals surface area contributed by atoms with E-state index in [1.54, 1.807) is 7.11 Å². The summed E-state index contributed by atoms with van der Waals surface area (Å²) in [6.07, 6.45) is 5.61. The van der Waals surface area contributed by atoms with Gasteiger partial charge in [-0.05, 0) is 50.1 Å². The molecule has 0 aliphatic carbocycles. The summed E-state index contributed by atoms with van der Waals surface area (Å²) in [6.45, 7) is 11.9. The molecule has 4 nitrogen and oxygen atoms in total. The summed E-state index contributed by atoms with van der Waals surface area (Å²) in [5.41, 5.74) is 1.67. The number of nitrogens with zero attached hydrogens (tertiary/aromatic N) is 2. The largest absolute Gasteiger partial charge is 0.497 e. The second-order valence-corrected chi connectivity index (χ2v) is 6.32. The lowest BCUT2D eigenvalue weighted by Crippen LogP contribution is -2.39. The van der Waals surface area contributed by atoms with Gasteiger partial charge in [0.15, 0.2) is 5.78 Å². The van der Waals surface area contributed by atoms with Gasteiger partial charge in [-0.15, -0.1) is 0 Å². The van der Waals surface area contributed by atoms with Crippen LogP contribution in [-0.2, 0) is 0 Å². The molecule has 134 valence electrons. The topological polar surface area (TPSA) is 32.8 Å². The first-order chi connectivity index (χ1) is 12.0. The van der Waals surface area contributed by atoms with E-state index >= 15 is 0 Å². The van der Waals surface area contributed by atoms with E-state index in [4.69, 9.17) is 4.74 Å². The summed E-state index contributed by atoms with van der Waals surface area (Å²) in [5.74, 6) is 1.99. The SMILES string of the molecule is C=C(/C=C\C)N(C)C(=C)N1CCC(C(=O)c2ccc(OC)cc2)CC1. The number of benzene rings is 1. The Balaban J connectivity index is 1.93. The lowest BCUT2D eigenvalue weighted by atomic mass is 9.89. The summed E-state index contributed by atoms with van der Waals surface area (Å²) in [7, 11) is 3.60. The number of hydrogen-bond acceptors (Lipinski definition) is 4. The van der Waals surface area contributed by atoms with Crippen molar-refractivity contribution in [2.24, 2.45) is 5.92 Å². The summed E-state index contributed by atoms with van der Waals surface area (Å²) < 4.78 is 5.15. The Morgan fingerprint density at radius 3 is 2.36 bits per heavy atom. The maximum atomic E-state index is 12.7. The van der Waals surface area contributed by atoms with Crippen molar-refractivity contribution in [1.29, 1.82) is 0 Å². The number of ether oxygens (including phenoxy) is 1. The van der Waals surface area contributed by atoms with E-state index in [0.29, 0.717) is 0 Å². The second-order valence-electron chi connectivity index (χ2n) is 6.32. The zero-order valence-corrected chi connectivity index (χ0v) is 15.5. The molecule has 1 fully saturated rings. The molecule has 1 saturated heterocycles. The van der Waals surface area contributed by atoms with Crippen molar-refractivity contribution >= 4 is 5.78 Å². The smallest absolute Gasteiger partial charge is 0.166 e. The van der Waals surface area contributed by atoms with E-state index in [9.17, 15) is 4.79 Å². The summed E-state index contributed by atoms with van der Waals surface area (Å²) in [4.78, 5) is 16.9. The van der Waals surface area contributed by atoms with Gasteiger partial charge >= 0.3 is 0 Å². The van der Waals surface area contributed by atoms with Crippen LogP contribution in [-0.4, -0.2) is 42.8 Å². The van der Waals surface area contributed by atoms with Crippen LogP contribution < -0.4 is 4.74 Å². The molecule has 25 heavy (non-hydrogen) atoms. The number of carbonyl (C=O) groups is 1. The van der Waals surface area contributed by atoms with Crippen LogP contribution in [0.25, 0.3) is 0 Å². The van der Waals surface area contributed by atoms with Gasteiger partial charge in [0.25, 0.3) is 0 Å². The molecule has 1 aromatic rings. The highest BCUT2D eigenvalue weighted by atomic mass is 16.5. The molecule has 1 aliphatic heterocycles. The predicted molar refractivity (Wildman–Crippen MR) is 102 cm³/mol. The molecule has 0 unspecified atom stereocenters. The molecule has 0 aromatic heterocycles. The molecule has 2 rings (SSSR count). The van der Waals surface area contributed by atoms with E-state index < -0.39 is 0 Å². The highest BCUT2D eigenvalue weighted by Crippen LogP contribution is 2.26. The number of likely N-dealkylation sites (tertiary alicyclic amines) is 1. The van der Waals surface area contributed by atoms with Gasteiger partial charge in [-0.1, -0.05) is 19.2 Å². The van der Waals surface area contributed by atoms with Crippen LogP contribution in [0.3, 0.4) is 0 Å². The number of rotatable bonds is 7. The van der Waals surface area contributed by atoms with Gasteiger partial charge in [-0.2, -0.15) is 0 Å². The average molecular weight is 340 g/mol. The predicted octanol–water partition coefficient (Wildman–Crippen LogP) is 4.08. The van der Waals surface area contributed by atoms with E-state index in [-0.39, 0.29) is 11.7 Å². The third kappa shape index (κ3) is 4.53. The third-order valence-corrected chi connectivity index (χ3v) is 4.78. The number of ketones is 1. The van der Waals surface area contributed by atoms with Crippen molar-refractivity contribution in [2.45, 2.75) is 19.8 Å². The molecule has 0 bridgehead atoms. The second kappa shape index (κ2) is 8.56. The quantitative estimate of drug-likeness (QED) is 0.553. The number of hydrogen-bond donors (Lipinski definition) is 0. The van der Waals surface area contributed by atoms with Gasteiger partial charge in [0.2, 0.25) is 0 Å². The fourth-order valence-corrected chi connectivity index (χ4v) is 3.07. The summed E-state index contributed by atoms with van der Waals surface area (Å²) >= 11 is 0. The van der Waals surface area contributed by atoms with Crippen LogP contribution in [0.5, 0.6) is 5.75 Å². The van der Waals surface area contributed by atoms with Gasteiger partial charge < -0.3 is 14.5 Å². The van der Waals surface area contributed by atoms with E-state index in [1.165, 1.54) is 0 Å². The van der Waals surface area contributed by atoms with Gasteiger partial charge in [-0.3, -0.25) is 4.79 Å². The minimum absolute atomic E-state index is 0.0708. The molecule has 0 spiro atoms. The average Bonchev–Trinajstić information content (AvgIpc) is 2.66. The number of carbonyl (C=O) groups excluding carboxylic acids is 1. The number of piperidine rings is 1. The normalized spacial score (nSPS) is 15.2. The number of allylic oxidation sites excluding steroid dienone is 2. The van der Waals surface area contributed by atoms with Gasteiger partial charge in [0.05, 0.1) is 7.11 Å². The van der Waals surface area contributed by atoms with E-state index in [2.05, 4.69) is 18.1 Å². The Bertz CT molecular complexity index is 653. The molecule has 1 aromatic carbocycles. The molecule has 1 aliphatic rings. The first-order valence-corrected chi connectivity index (χ1v) is 8.65. The highest BCUT2D eigenvalue weighted by molar-refractivity contribution is 5.98. The molecule has 0 saturated carbocycles. The van der Waals surface area contributed by atoms with Crippen molar-refractivity contribution < 1.29 is 9.53 Å². The molecule has 0 radical (unpaired) electrons. The molecular formula is C21H28N2O2. The van der Waals surface area contributed by atoms with E-state index in [0.717, 1.165) is 48.8 Å². The van der Waals surface area contributed by atoms with Crippen LogP contribution in [0.1, 0.15) is 30.1 Å². The van der Waals surface area contributed by atoms with E-state index in [1.807, 2.05) is 55.3 Å². The molecule has 1 heterocycles. The van der Waals surface area contributed by atoms with Gasteiger partial charge in [0, 0.05) is 37.3 Å². The Labute approximate surface area is 151 Å². The monoisotopic (exact) mass is 340 g/mol. The first kappa shape index (κ1) is 18.8. The molecule has 0 amide bonds. The lowest BCUT2D eigenvalue weighted by molar-refractivity contribution is 0.0847. The van der Waals surface area contributed by atoms with Crippen LogP contribution in [0.15, 0.2) is 61.1 Å². The van der Waals surface area contributed by atoms with Crippen LogP contribution in [0.2, 0.25) is 0 Å². The number of Topliss-reactive ketones (excluding diaryl/α,β-unsaturated/α-hetero) is 1. The Hall–Kier alpha value is -2.49.